The van der Waals surface area contributed by atoms with Gasteiger partial charge in [-0.1, -0.05) is 13.3 Å². The molecule has 0 atom stereocenters. The number of likely N-dealkylation sites (tertiary alicyclic amines) is 1. The molecule has 0 spiro atoms. The number of hydrogen-bond acceptors (Lipinski definition) is 3. The molecule has 0 bridgehead atoms. The lowest BCUT2D eigenvalue weighted by Gasteiger charge is -2.38. The molecule has 1 fully saturated rings. The highest BCUT2D eigenvalue weighted by molar-refractivity contribution is 9.10. The van der Waals surface area contributed by atoms with E-state index < -0.39 is 11.4 Å². The first-order valence-corrected chi connectivity index (χ1v) is 7.91. The van der Waals surface area contributed by atoms with Crippen molar-refractivity contribution in [2.24, 2.45) is 5.41 Å². The summed E-state index contributed by atoms with van der Waals surface area (Å²) >= 11 is 3.38. The minimum Gasteiger partial charge on any atom is -0.481 e. The number of rotatable bonds is 5. The summed E-state index contributed by atoms with van der Waals surface area (Å²) in [4.78, 5) is 18.2. The van der Waals surface area contributed by atoms with Crippen LogP contribution >= 0.6 is 15.9 Å². The van der Waals surface area contributed by atoms with Crippen LogP contribution in [-0.2, 0) is 11.3 Å². The molecular formula is C15H21BrN2O2. The van der Waals surface area contributed by atoms with Crippen LogP contribution in [0.25, 0.3) is 0 Å². The summed E-state index contributed by atoms with van der Waals surface area (Å²) in [5.41, 5.74) is 0.532. The normalized spacial score (nSPS) is 18.9. The second kappa shape index (κ2) is 6.68. The molecule has 0 radical (unpaired) electrons. The van der Waals surface area contributed by atoms with Gasteiger partial charge in [0, 0.05) is 17.2 Å². The van der Waals surface area contributed by atoms with Crippen molar-refractivity contribution in [1.29, 1.82) is 0 Å². The van der Waals surface area contributed by atoms with E-state index in [1.807, 2.05) is 12.1 Å². The van der Waals surface area contributed by atoms with Crippen molar-refractivity contribution >= 4 is 21.9 Å². The topological polar surface area (TPSA) is 53.4 Å². The number of hydrogen-bond donors (Lipinski definition) is 1. The number of nitrogens with zero attached hydrogens (tertiary/aromatic N) is 2. The van der Waals surface area contributed by atoms with Crippen LogP contribution in [0.3, 0.4) is 0 Å². The highest BCUT2D eigenvalue weighted by Gasteiger charge is 2.40. The molecular weight excluding hydrogens is 320 g/mol. The minimum absolute atomic E-state index is 0.502. The van der Waals surface area contributed by atoms with Gasteiger partial charge in [-0.2, -0.15) is 0 Å². The van der Waals surface area contributed by atoms with E-state index >= 15 is 0 Å². The Morgan fingerprint density at radius 2 is 2.15 bits per heavy atom. The molecule has 2 rings (SSSR count). The monoisotopic (exact) mass is 340 g/mol. The van der Waals surface area contributed by atoms with Crippen molar-refractivity contribution < 1.29 is 9.90 Å². The van der Waals surface area contributed by atoms with E-state index in [0.29, 0.717) is 0 Å². The Balaban J connectivity index is 1.93. The Hall–Kier alpha value is -0.940. The number of aromatic nitrogens is 1. The third-order valence-corrected chi connectivity index (χ3v) is 4.64. The average molecular weight is 341 g/mol. The van der Waals surface area contributed by atoms with Crippen molar-refractivity contribution in [1.82, 2.24) is 9.88 Å². The van der Waals surface area contributed by atoms with Crippen LogP contribution in [0.1, 0.15) is 38.3 Å². The Morgan fingerprint density at radius 1 is 1.45 bits per heavy atom. The van der Waals surface area contributed by atoms with E-state index in [4.69, 9.17) is 0 Å². The van der Waals surface area contributed by atoms with E-state index in [9.17, 15) is 9.90 Å². The zero-order valence-corrected chi connectivity index (χ0v) is 13.4. The van der Waals surface area contributed by atoms with E-state index in [0.717, 1.165) is 55.5 Å². The maximum atomic E-state index is 11.5. The first kappa shape index (κ1) is 15.4. The largest absolute Gasteiger partial charge is 0.481 e. The molecule has 0 aliphatic carbocycles. The Morgan fingerprint density at radius 3 is 2.65 bits per heavy atom. The van der Waals surface area contributed by atoms with E-state index in [1.165, 1.54) is 0 Å². The van der Waals surface area contributed by atoms with Crippen LogP contribution in [0.4, 0.5) is 0 Å². The molecule has 1 aliphatic heterocycles. The molecule has 4 nitrogen and oxygen atoms in total. The van der Waals surface area contributed by atoms with E-state index in [-0.39, 0.29) is 0 Å². The molecule has 110 valence electrons. The summed E-state index contributed by atoms with van der Waals surface area (Å²) in [6.07, 6.45) is 5.00. The van der Waals surface area contributed by atoms with Gasteiger partial charge in [0.2, 0.25) is 0 Å². The second-order valence-corrected chi connectivity index (χ2v) is 6.50. The number of piperidine rings is 1. The number of halogens is 1. The molecule has 20 heavy (non-hydrogen) atoms. The van der Waals surface area contributed by atoms with Gasteiger partial charge >= 0.3 is 5.97 Å². The van der Waals surface area contributed by atoms with Crippen LogP contribution in [-0.4, -0.2) is 34.0 Å². The van der Waals surface area contributed by atoms with Gasteiger partial charge in [0.1, 0.15) is 0 Å². The zero-order valence-electron chi connectivity index (χ0n) is 11.8. The molecule has 1 aromatic heterocycles. The molecule has 1 N–H and O–H groups in total. The Kier molecular flexibility index (Phi) is 5.16. The fourth-order valence-corrected chi connectivity index (χ4v) is 3.15. The van der Waals surface area contributed by atoms with Gasteiger partial charge in [-0.05, 0) is 60.4 Å². The van der Waals surface area contributed by atoms with Crippen molar-refractivity contribution in [3.8, 4) is 0 Å². The summed E-state index contributed by atoms with van der Waals surface area (Å²) in [6, 6.07) is 4.00. The number of carboxylic acids is 1. The molecule has 1 aliphatic rings. The summed E-state index contributed by atoms with van der Waals surface area (Å²) in [6.45, 7) is 4.53. The molecule has 2 heterocycles. The quantitative estimate of drug-likeness (QED) is 0.893. The predicted octanol–water partition coefficient (Wildman–Crippen LogP) is 3.31. The third kappa shape index (κ3) is 3.58. The van der Waals surface area contributed by atoms with Crippen LogP contribution < -0.4 is 0 Å². The van der Waals surface area contributed by atoms with Crippen LogP contribution in [0, 0.1) is 5.41 Å². The van der Waals surface area contributed by atoms with Gasteiger partial charge in [-0.15, -0.1) is 0 Å². The maximum Gasteiger partial charge on any atom is 0.309 e. The first-order chi connectivity index (χ1) is 9.55. The summed E-state index contributed by atoms with van der Waals surface area (Å²) in [5, 5.41) is 9.49. The summed E-state index contributed by atoms with van der Waals surface area (Å²) in [7, 11) is 0. The van der Waals surface area contributed by atoms with Crippen LogP contribution in [0.15, 0.2) is 22.8 Å². The molecule has 0 saturated carbocycles. The highest BCUT2D eigenvalue weighted by Crippen LogP contribution is 2.36. The lowest BCUT2D eigenvalue weighted by atomic mass is 9.75. The fraction of sp³-hybridized carbons (Fsp3) is 0.600. The molecule has 0 aromatic carbocycles. The molecule has 1 aromatic rings. The molecule has 5 heteroatoms. The number of carboxylic acid groups (broad SMARTS) is 1. The highest BCUT2D eigenvalue weighted by atomic mass is 79.9. The lowest BCUT2D eigenvalue weighted by Crippen LogP contribution is -2.44. The molecule has 1 saturated heterocycles. The van der Waals surface area contributed by atoms with Crippen LogP contribution in [0.2, 0.25) is 0 Å². The molecule has 0 unspecified atom stereocenters. The van der Waals surface area contributed by atoms with Crippen molar-refractivity contribution in [2.45, 2.75) is 39.2 Å². The molecule has 0 amide bonds. The van der Waals surface area contributed by atoms with Crippen molar-refractivity contribution in [3.05, 3.63) is 28.5 Å². The van der Waals surface area contributed by atoms with Gasteiger partial charge in [-0.25, -0.2) is 0 Å². The average Bonchev–Trinajstić information content (AvgIpc) is 2.44. The van der Waals surface area contributed by atoms with E-state index in [2.05, 4.69) is 32.7 Å². The van der Waals surface area contributed by atoms with Crippen molar-refractivity contribution in [2.75, 3.05) is 13.1 Å². The van der Waals surface area contributed by atoms with Gasteiger partial charge in [-0.3, -0.25) is 14.7 Å². The van der Waals surface area contributed by atoms with Gasteiger partial charge in [0.15, 0.2) is 0 Å². The SMILES string of the molecule is CCCC1(C(=O)O)CCN(Cc2ccc(Br)cn2)CC1. The first-order valence-electron chi connectivity index (χ1n) is 7.12. The lowest BCUT2D eigenvalue weighted by molar-refractivity contribution is -0.152. The summed E-state index contributed by atoms with van der Waals surface area (Å²) < 4.78 is 0.979. The number of aliphatic carboxylic acids is 1. The minimum atomic E-state index is -0.624. The fourth-order valence-electron chi connectivity index (χ4n) is 2.92. The van der Waals surface area contributed by atoms with Crippen molar-refractivity contribution in [3.63, 3.8) is 0 Å². The van der Waals surface area contributed by atoms with Gasteiger partial charge in [0.25, 0.3) is 0 Å². The number of pyridine rings is 1. The van der Waals surface area contributed by atoms with Gasteiger partial charge in [0.05, 0.1) is 11.1 Å². The van der Waals surface area contributed by atoms with E-state index in [1.54, 1.807) is 6.20 Å². The Bertz CT molecular complexity index is 453. The standard InChI is InChI=1S/C15H21BrN2O2/c1-2-5-15(14(19)20)6-8-18(9-7-15)11-13-4-3-12(16)10-17-13/h3-4,10H,2,5-9,11H2,1H3,(H,19,20). The second-order valence-electron chi connectivity index (χ2n) is 5.58. The third-order valence-electron chi connectivity index (χ3n) is 4.17. The predicted molar refractivity (Wildman–Crippen MR) is 81.4 cm³/mol. The van der Waals surface area contributed by atoms with Crippen LogP contribution in [0.5, 0.6) is 0 Å². The smallest absolute Gasteiger partial charge is 0.309 e. The number of carbonyl (C=O) groups is 1. The zero-order chi connectivity index (χ0) is 14.6. The maximum absolute atomic E-state index is 11.5. The summed E-state index contributed by atoms with van der Waals surface area (Å²) in [5.74, 6) is -0.624. The Labute approximate surface area is 128 Å². The van der Waals surface area contributed by atoms with Gasteiger partial charge < -0.3 is 5.11 Å².